The number of nitrogens with zero attached hydrogens (tertiary/aromatic N) is 3. The van der Waals surface area contributed by atoms with E-state index >= 15 is 0 Å². The van der Waals surface area contributed by atoms with Gasteiger partial charge >= 0.3 is 6.03 Å². The Balaban J connectivity index is 1.56. The third-order valence-electron chi connectivity index (χ3n) is 7.50. The monoisotopic (exact) mass is 477 g/mol. The summed E-state index contributed by atoms with van der Waals surface area (Å²) in [5.41, 5.74) is 8.32. The van der Waals surface area contributed by atoms with Gasteiger partial charge in [-0.1, -0.05) is 37.5 Å². The third kappa shape index (κ3) is 5.16. The molecule has 1 aromatic carbocycles. The number of carbonyl (C=O) groups is 3. The second kappa shape index (κ2) is 10.5. The normalized spacial score (nSPS) is 21.2. The van der Waals surface area contributed by atoms with E-state index in [0.717, 1.165) is 47.4 Å². The van der Waals surface area contributed by atoms with Crippen LogP contribution in [-0.4, -0.2) is 46.9 Å². The van der Waals surface area contributed by atoms with Gasteiger partial charge in [-0.3, -0.25) is 14.5 Å². The molecular weight excluding hydrogens is 442 g/mol. The fourth-order valence-corrected chi connectivity index (χ4v) is 5.40. The van der Waals surface area contributed by atoms with Crippen LogP contribution in [0.25, 0.3) is 0 Å². The number of likely N-dealkylation sites (tertiary alicyclic amines) is 1. The Morgan fingerprint density at radius 3 is 2.60 bits per heavy atom. The van der Waals surface area contributed by atoms with Crippen molar-refractivity contribution in [3.05, 3.63) is 53.7 Å². The van der Waals surface area contributed by atoms with Gasteiger partial charge in [0.25, 0.3) is 5.91 Å². The van der Waals surface area contributed by atoms with E-state index in [1.54, 1.807) is 30.3 Å². The maximum absolute atomic E-state index is 13.7. The van der Waals surface area contributed by atoms with Crippen LogP contribution in [0.3, 0.4) is 0 Å². The number of imide groups is 1. The van der Waals surface area contributed by atoms with E-state index in [0.29, 0.717) is 18.2 Å². The predicted octanol–water partition coefficient (Wildman–Crippen LogP) is 3.68. The zero-order valence-electron chi connectivity index (χ0n) is 20.7. The molecule has 0 bridgehead atoms. The van der Waals surface area contributed by atoms with Gasteiger partial charge in [-0.25, -0.2) is 9.78 Å². The molecular formula is C27H35N5O3. The number of hydrogen-bond donors (Lipinski definition) is 2. The molecule has 8 nitrogen and oxygen atoms in total. The molecule has 4 amide bonds. The first kappa shape index (κ1) is 24.7. The minimum atomic E-state index is -0.889. The van der Waals surface area contributed by atoms with E-state index in [9.17, 15) is 14.4 Å². The van der Waals surface area contributed by atoms with Crippen LogP contribution >= 0.6 is 0 Å². The summed E-state index contributed by atoms with van der Waals surface area (Å²) in [6.07, 6.45) is 7.58. The van der Waals surface area contributed by atoms with E-state index in [1.807, 2.05) is 38.1 Å². The SMILES string of the molecule is Cc1ccccc1N(C)C(=O)[C@@H]1[C@@H](Cc2ccnc(N)c2)C(=O)N1C(=O)N[C@H](C)C1CCCCC1. The highest BCUT2D eigenvalue weighted by Gasteiger charge is 2.55. The Morgan fingerprint density at radius 1 is 1.20 bits per heavy atom. The average Bonchev–Trinajstić information content (AvgIpc) is 2.85. The first-order valence-electron chi connectivity index (χ1n) is 12.4. The quantitative estimate of drug-likeness (QED) is 0.617. The van der Waals surface area contributed by atoms with Crippen molar-refractivity contribution >= 4 is 29.4 Å². The number of carbonyl (C=O) groups excluding carboxylic acids is 3. The number of nitrogens with two attached hydrogens (primary N) is 1. The van der Waals surface area contributed by atoms with E-state index < -0.39 is 18.0 Å². The number of aromatic nitrogens is 1. The number of anilines is 2. The number of nitrogen functional groups attached to an aromatic ring is 1. The standard InChI is InChI=1S/C27H35N5O3/c1-17-9-7-8-12-22(17)31(3)26(34)24-21(15-19-13-14-29-23(28)16-19)25(33)32(24)27(35)30-18(2)20-10-5-4-6-11-20/h7-9,12-14,16,18,20-21,24H,4-6,10-11,15H2,1-3H3,(H2,28,29)(H,30,35)/t18-,21-,24+/m1/s1. The summed E-state index contributed by atoms with van der Waals surface area (Å²) in [4.78, 5) is 46.9. The molecule has 0 unspecified atom stereocenters. The number of nitrogens with one attached hydrogen (secondary N) is 1. The molecule has 0 radical (unpaired) electrons. The molecule has 35 heavy (non-hydrogen) atoms. The van der Waals surface area contributed by atoms with E-state index in [-0.39, 0.29) is 17.9 Å². The van der Waals surface area contributed by atoms with Gasteiger partial charge in [0, 0.05) is 25.0 Å². The lowest BCUT2D eigenvalue weighted by molar-refractivity contribution is -0.156. The Morgan fingerprint density at radius 2 is 1.91 bits per heavy atom. The zero-order chi connectivity index (χ0) is 25.1. The van der Waals surface area contributed by atoms with Crippen LogP contribution in [0.1, 0.15) is 50.2 Å². The molecule has 186 valence electrons. The van der Waals surface area contributed by atoms with Crippen LogP contribution in [0.2, 0.25) is 0 Å². The second-order valence-electron chi connectivity index (χ2n) is 9.87. The Labute approximate surface area is 206 Å². The number of hydrogen-bond acceptors (Lipinski definition) is 5. The second-order valence-corrected chi connectivity index (χ2v) is 9.87. The molecule has 3 N–H and O–H groups in total. The number of aryl methyl sites for hydroxylation is 1. The fraction of sp³-hybridized carbons (Fsp3) is 0.481. The molecule has 8 heteroatoms. The van der Waals surface area contributed by atoms with E-state index in [4.69, 9.17) is 5.73 Å². The largest absolute Gasteiger partial charge is 0.384 e. The number of likely N-dealkylation sites (N-methyl/N-ethyl adjacent to an activating group) is 1. The topological polar surface area (TPSA) is 109 Å². The Hall–Kier alpha value is -3.42. The van der Waals surface area contributed by atoms with Crippen LogP contribution in [0.5, 0.6) is 0 Å². The number of para-hydroxylation sites is 1. The number of rotatable bonds is 6. The van der Waals surface area contributed by atoms with Gasteiger partial charge in [0.15, 0.2) is 0 Å². The molecule has 2 heterocycles. The van der Waals surface area contributed by atoms with Crippen molar-refractivity contribution in [1.82, 2.24) is 15.2 Å². The highest BCUT2D eigenvalue weighted by molar-refractivity contribution is 6.12. The molecule has 2 fully saturated rings. The predicted molar refractivity (Wildman–Crippen MR) is 136 cm³/mol. The fourth-order valence-electron chi connectivity index (χ4n) is 5.40. The highest BCUT2D eigenvalue weighted by atomic mass is 16.2. The van der Waals surface area contributed by atoms with Gasteiger partial charge in [0.05, 0.1) is 5.92 Å². The smallest absolute Gasteiger partial charge is 0.325 e. The van der Waals surface area contributed by atoms with Crippen molar-refractivity contribution < 1.29 is 14.4 Å². The summed E-state index contributed by atoms with van der Waals surface area (Å²) in [6.45, 7) is 3.92. The van der Waals surface area contributed by atoms with Crippen LogP contribution < -0.4 is 16.0 Å². The van der Waals surface area contributed by atoms with Crippen LogP contribution in [-0.2, 0) is 16.0 Å². The average molecular weight is 478 g/mol. The summed E-state index contributed by atoms with van der Waals surface area (Å²) in [5.74, 6) is -0.531. The third-order valence-corrected chi connectivity index (χ3v) is 7.50. The maximum Gasteiger partial charge on any atom is 0.325 e. The van der Waals surface area contributed by atoms with E-state index in [1.165, 1.54) is 6.42 Å². The van der Waals surface area contributed by atoms with Crippen molar-refractivity contribution in [3.63, 3.8) is 0 Å². The number of benzene rings is 1. The summed E-state index contributed by atoms with van der Waals surface area (Å²) in [5, 5.41) is 3.02. The molecule has 2 aromatic rings. The van der Waals surface area contributed by atoms with Gasteiger partial charge in [-0.2, -0.15) is 0 Å². The van der Waals surface area contributed by atoms with Crippen molar-refractivity contribution in [1.29, 1.82) is 0 Å². The summed E-state index contributed by atoms with van der Waals surface area (Å²) < 4.78 is 0. The molecule has 1 saturated carbocycles. The van der Waals surface area contributed by atoms with Crippen LogP contribution in [0.4, 0.5) is 16.3 Å². The molecule has 3 atom stereocenters. The molecule has 2 aliphatic rings. The lowest BCUT2D eigenvalue weighted by atomic mass is 9.81. The van der Waals surface area contributed by atoms with Crippen molar-refractivity contribution in [2.24, 2.45) is 11.8 Å². The molecule has 1 saturated heterocycles. The van der Waals surface area contributed by atoms with Crippen molar-refractivity contribution in [3.8, 4) is 0 Å². The van der Waals surface area contributed by atoms with Crippen LogP contribution in [0.15, 0.2) is 42.6 Å². The lowest BCUT2D eigenvalue weighted by Gasteiger charge is -2.46. The number of urea groups is 1. The summed E-state index contributed by atoms with van der Waals surface area (Å²) in [7, 11) is 1.69. The van der Waals surface area contributed by atoms with Gasteiger partial charge < -0.3 is 16.0 Å². The van der Waals surface area contributed by atoms with Gasteiger partial charge in [-0.05, 0) is 68.4 Å². The maximum atomic E-state index is 13.7. The van der Waals surface area contributed by atoms with Crippen molar-refractivity contribution in [2.45, 2.75) is 64.5 Å². The lowest BCUT2D eigenvalue weighted by Crippen LogP contribution is -2.71. The first-order chi connectivity index (χ1) is 16.8. The number of pyridine rings is 1. The summed E-state index contributed by atoms with van der Waals surface area (Å²) >= 11 is 0. The summed E-state index contributed by atoms with van der Waals surface area (Å²) in [6, 6.07) is 9.62. The number of β-lactam (4-membered cyclic amide) rings is 1. The molecule has 1 aromatic heterocycles. The Bertz CT molecular complexity index is 1100. The highest BCUT2D eigenvalue weighted by Crippen LogP contribution is 2.34. The first-order valence-corrected chi connectivity index (χ1v) is 12.4. The molecule has 1 aliphatic carbocycles. The molecule has 1 aliphatic heterocycles. The van der Waals surface area contributed by atoms with E-state index in [2.05, 4.69) is 10.3 Å². The van der Waals surface area contributed by atoms with Gasteiger partial charge in [0.2, 0.25) is 5.91 Å². The van der Waals surface area contributed by atoms with Gasteiger partial charge in [0.1, 0.15) is 11.9 Å². The number of amides is 4. The van der Waals surface area contributed by atoms with Gasteiger partial charge in [-0.15, -0.1) is 0 Å². The Kier molecular flexibility index (Phi) is 7.38. The van der Waals surface area contributed by atoms with Crippen molar-refractivity contribution in [2.75, 3.05) is 17.7 Å². The minimum Gasteiger partial charge on any atom is -0.384 e. The molecule has 0 spiro atoms. The van der Waals surface area contributed by atoms with Crippen LogP contribution in [0, 0.1) is 18.8 Å². The minimum absolute atomic E-state index is 0.0560. The molecule has 4 rings (SSSR count). The zero-order valence-corrected chi connectivity index (χ0v) is 20.7.